The molecule has 0 spiro atoms. The lowest BCUT2D eigenvalue weighted by Crippen LogP contribution is -2.07. The molecule has 2 nitrogen and oxygen atoms in total. The van der Waals surface area contributed by atoms with Crippen LogP contribution in [-0.4, -0.2) is 5.97 Å². The van der Waals surface area contributed by atoms with Crippen molar-refractivity contribution in [3.8, 4) is 0 Å². The van der Waals surface area contributed by atoms with E-state index in [4.69, 9.17) is 4.74 Å². The number of esters is 1. The molecule has 0 N–H and O–H groups in total. The third kappa shape index (κ3) is 3.36. The van der Waals surface area contributed by atoms with Gasteiger partial charge >= 0.3 is 5.97 Å². The maximum absolute atomic E-state index is 10.6. The molecule has 0 aromatic carbocycles. The zero-order valence-corrected chi connectivity index (χ0v) is 9.17. The van der Waals surface area contributed by atoms with Crippen LogP contribution in [0.25, 0.3) is 0 Å². The summed E-state index contributed by atoms with van der Waals surface area (Å²) in [6, 6.07) is 0. The number of hydrogen-bond acceptors (Lipinski definition) is 2. The van der Waals surface area contributed by atoms with Crippen molar-refractivity contribution in [2.75, 3.05) is 0 Å². The highest BCUT2D eigenvalue weighted by atomic mass is 16.5. The number of hydrogen-bond donors (Lipinski definition) is 0. The maximum atomic E-state index is 10.6. The fourth-order valence-electron chi connectivity index (χ4n) is 1.65. The van der Waals surface area contributed by atoms with Gasteiger partial charge in [-0.05, 0) is 44.6 Å². The summed E-state index contributed by atoms with van der Waals surface area (Å²) in [5.41, 5.74) is 2.64. The van der Waals surface area contributed by atoms with E-state index in [1.165, 1.54) is 24.5 Å². The fraction of sp³-hybridized carbons (Fsp3) is 0.583. The molecule has 1 aliphatic rings. The molecule has 0 heterocycles. The van der Waals surface area contributed by atoms with E-state index >= 15 is 0 Å². The summed E-state index contributed by atoms with van der Waals surface area (Å²) < 4.78 is 4.86. The van der Waals surface area contributed by atoms with Crippen molar-refractivity contribution in [3.05, 3.63) is 23.5 Å². The quantitative estimate of drug-likeness (QED) is 0.383. The highest BCUT2D eigenvalue weighted by molar-refractivity contribution is 5.66. The van der Waals surface area contributed by atoms with E-state index in [-0.39, 0.29) is 5.97 Å². The summed E-state index contributed by atoms with van der Waals surface area (Å²) in [5.74, 6) is 0.310. The second kappa shape index (κ2) is 4.99. The Hall–Kier alpha value is -1.05. The largest absolute Gasteiger partial charge is 0.435 e. The minimum atomic E-state index is -0.244. The van der Waals surface area contributed by atoms with Gasteiger partial charge in [0.1, 0.15) is 0 Å². The molecule has 0 aromatic rings. The van der Waals surface area contributed by atoms with Gasteiger partial charge in [-0.15, -0.1) is 0 Å². The lowest BCUT2D eigenvalue weighted by Gasteiger charge is -2.20. The first-order valence-corrected chi connectivity index (χ1v) is 5.09. The van der Waals surface area contributed by atoms with Crippen LogP contribution < -0.4 is 0 Å². The molecule has 0 saturated carbocycles. The number of rotatable bonds is 2. The standard InChI is InChI=1S/C12H18O2/c1-9-4-6-12(7-5-9)10(2)8-14-11(3)13/h4,8,12H,5-7H2,1-3H3/b10-8-/t12-/m0/s1. The van der Waals surface area contributed by atoms with Gasteiger partial charge in [-0.1, -0.05) is 11.6 Å². The van der Waals surface area contributed by atoms with E-state index in [1.54, 1.807) is 6.26 Å². The molecule has 0 unspecified atom stereocenters. The van der Waals surface area contributed by atoms with E-state index in [1.807, 2.05) is 6.92 Å². The second-order valence-electron chi connectivity index (χ2n) is 3.99. The molecule has 0 aromatic heterocycles. The van der Waals surface area contributed by atoms with Crippen LogP contribution in [0, 0.1) is 5.92 Å². The van der Waals surface area contributed by atoms with Crippen LogP contribution in [0.1, 0.15) is 40.0 Å². The van der Waals surface area contributed by atoms with Crippen molar-refractivity contribution in [2.24, 2.45) is 5.92 Å². The minimum absolute atomic E-state index is 0.244. The Labute approximate surface area is 85.6 Å². The highest BCUT2D eigenvalue weighted by Crippen LogP contribution is 2.28. The Morgan fingerprint density at radius 2 is 2.29 bits per heavy atom. The molecule has 14 heavy (non-hydrogen) atoms. The van der Waals surface area contributed by atoms with E-state index in [0.717, 1.165) is 12.8 Å². The van der Waals surface area contributed by atoms with Crippen molar-refractivity contribution < 1.29 is 9.53 Å². The van der Waals surface area contributed by atoms with Crippen molar-refractivity contribution in [1.29, 1.82) is 0 Å². The van der Waals surface area contributed by atoms with Crippen LogP contribution in [0.15, 0.2) is 23.5 Å². The van der Waals surface area contributed by atoms with Crippen LogP contribution in [0.4, 0.5) is 0 Å². The third-order valence-corrected chi connectivity index (χ3v) is 2.69. The normalized spacial score (nSPS) is 22.9. The first-order valence-electron chi connectivity index (χ1n) is 5.09. The predicted molar refractivity (Wildman–Crippen MR) is 56.6 cm³/mol. The van der Waals surface area contributed by atoms with Gasteiger partial charge in [0.05, 0.1) is 6.26 Å². The van der Waals surface area contributed by atoms with Crippen LogP contribution in [0.5, 0.6) is 0 Å². The summed E-state index contributed by atoms with van der Waals surface area (Å²) in [6.45, 7) is 5.62. The zero-order valence-electron chi connectivity index (χ0n) is 9.17. The van der Waals surface area contributed by atoms with Gasteiger partial charge in [0.2, 0.25) is 0 Å². The van der Waals surface area contributed by atoms with Gasteiger partial charge in [0.25, 0.3) is 0 Å². The second-order valence-corrected chi connectivity index (χ2v) is 3.99. The fourth-order valence-corrected chi connectivity index (χ4v) is 1.65. The van der Waals surface area contributed by atoms with Crippen molar-refractivity contribution in [1.82, 2.24) is 0 Å². The Morgan fingerprint density at radius 3 is 2.79 bits per heavy atom. The Kier molecular flexibility index (Phi) is 3.93. The van der Waals surface area contributed by atoms with Gasteiger partial charge in [0, 0.05) is 6.92 Å². The molecule has 0 radical (unpaired) electrons. The van der Waals surface area contributed by atoms with E-state index in [0.29, 0.717) is 5.92 Å². The lowest BCUT2D eigenvalue weighted by atomic mass is 9.86. The third-order valence-electron chi connectivity index (χ3n) is 2.69. The van der Waals surface area contributed by atoms with Crippen LogP contribution in [0.2, 0.25) is 0 Å². The molecule has 0 bridgehead atoms. The zero-order chi connectivity index (χ0) is 10.6. The number of carbonyl (C=O) groups excluding carboxylic acids is 1. The molecule has 78 valence electrons. The van der Waals surface area contributed by atoms with Crippen molar-refractivity contribution >= 4 is 5.97 Å². The summed E-state index contributed by atoms with van der Waals surface area (Å²) in [6.07, 6.45) is 7.29. The molecule has 2 heteroatoms. The highest BCUT2D eigenvalue weighted by Gasteiger charge is 2.14. The van der Waals surface area contributed by atoms with Crippen molar-refractivity contribution in [2.45, 2.75) is 40.0 Å². The molecule has 0 amide bonds. The molecular weight excluding hydrogens is 176 g/mol. The lowest BCUT2D eigenvalue weighted by molar-refractivity contribution is -0.135. The maximum Gasteiger partial charge on any atom is 0.307 e. The molecule has 0 saturated heterocycles. The first kappa shape index (κ1) is 11.0. The summed E-state index contributed by atoms with van der Waals surface area (Å²) in [5, 5.41) is 0. The van der Waals surface area contributed by atoms with Crippen LogP contribution in [0.3, 0.4) is 0 Å². The van der Waals surface area contributed by atoms with E-state index < -0.39 is 0 Å². The van der Waals surface area contributed by atoms with Gasteiger partial charge in [-0.25, -0.2) is 0 Å². The van der Waals surface area contributed by atoms with Gasteiger partial charge < -0.3 is 4.74 Å². The molecule has 1 rings (SSSR count). The topological polar surface area (TPSA) is 26.3 Å². The van der Waals surface area contributed by atoms with Crippen molar-refractivity contribution in [3.63, 3.8) is 0 Å². The molecular formula is C12H18O2. The van der Waals surface area contributed by atoms with Crippen LogP contribution in [-0.2, 0) is 9.53 Å². The molecule has 1 atom stereocenters. The minimum Gasteiger partial charge on any atom is -0.435 e. The van der Waals surface area contributed by atoms with E-state index in [2.05, 4.69) is 13.0 Å². The predicted octanol–water partition coefficient (Wildman–Crippen LogP) is 3.20. The monoisotopic (exact) mass is 194 g/mol. The SMILES string of the molecule is CC(=O)O/C=C(/C)[C@H]1CC=C(C)CC1. The Balaban J connectivity index is 2.49. The number of ether oxygens (including phenoxy) is 1. The van der Waals surface area contributed by atoms with Crippen LogP contribution >= 0.6 is 0 Å². The molecule has 0 fully saturated rings. The Morgan fingerprint density at radius 1 is 1.57 bits per heavy atom. The molecule has 1 aliphatic carbocycles. The summed E-state index contributed by atoms with van der Waals surface area (Å²) in [4.78, 5) is 10.6. The smallest absolute Gasteiger partial charge is 0.307 e. The first-order chi connectivity index (χ1) is 6.59. The van der Waals surface area contributed by atoms with Gasteiger partial charge in [-0.2, -0.15) is 0 Å². The van der Waals surface area contributed by atoms with E-state index in [9.17, 15) is 4.79 Å². The average Bonchev–Trinajstić information content (AvgIpc) is 2.15. The number of allylic oxidation sites excluding steroid dienone is 3. The van der Waals surface area contributed by atoms with Gasteiger partial charge in [0.15, 0.2) is 0 Å². The molecule has 0 aliphatic heterocycles. The summed E-state index contributed by atoms with van der Waals surface area (Å²) in [7, 11) is 0. The Bertz CT molecular complexity index is 274. The number of carbonyl (C=O) groups is 1. The summed E-state index contributed by atoms with van der Waals surface area (Å²) >= 11 is 0. The van der Waals surface area contributed by atoms with Gasteiger partial charge in [-0.3, -0.25) is 4.79 Å². The average molecular weight is 194 g/mol.